The molecule has 0 spiro atoms. The molecule has 2 amide bonds. The Morgan fingerprint density at radius 1 is 1.05 bits per heavy atom. The fraction of sp³-hybridized carbons (Fsp3) is 0.308. The Morgan fingerprint density at radius 2 is 1.64 bits per heavy atom. The third-order valence-corrected chi connectivity index (χ3v) is 2.73. The third kappa shape index (κ3) is 4.72. The number of aromatic hydroxyl groups is 1. The molecule has 1 rings (SSSR count). The molecule has 0 aliphatic rings. The number of aliphatic hydroxyl groups excluding tert-OH is 2. The van der Waals surface area contributed by atoms with Gasteiger partial charge in [-0.1, -0.05) is 12.1 Å². The number of nitrogens with one attached hydrogen (secondary N) is 2. The lowest BCUT2D eigenvalue weighted by molar-refractivity contribution is -0.143. The Bertz CT molecular complexity index is 544. The number of carbonyl (C=O) groups is 3. The fourth-order valence-corrected chi connectivity index (χ4v) is 1.61. The number of aliphatic carboxylic acids is 1. The molecule has 2 atom stereocenters. The standard InChI is InChI=1S/C13H16N2O7/c16-5-9(13(21)22)14-12(20)11(15-10(19)6-17)7-1-3-8(18)4-2-7/h1-4,9,11,16-18H,5-6H2,(H,14,20)(H,15,19)(H,21,22)/t9-,11+/m0/s1. The molecule has 0 radical (unpaired) electrons. The van der Waals surface area contributed by atoms with Gasteiger partial charge in [-0.05, 0) is 17.7 Å². The molecule has 0 aliphatic heterocycles. The number of hydrogen-bond donors (Lipinski definition) is 6. The zero-order valence-electron chi connectivity index (χ0n) is 11.4. The highest BCUT2D eigenvalue weighted by Crippen LogP contribution is 2.17. The Morgan fingerprint density at radius 3 is 2.09 bits per heavy atom. The van der Waals surface area contributed by atoms with Gasteiger partial charge in [0.15, 0.2) is 0 Å². The van der Waals surface area contributed by atoms with Crippen molar-refractivity contribution in [3.05, 3.63) is 29.8 Å². The molecule has 0 unspecified atom stereocenters. The van der Waals surface area contributed by atoms with Gasteiger partial charge in [-0.25, -0.2) is 4.79 Å². The highest BCUT2D eigenvalue weighted by atomic mass is 16.4. The van der Waals surface area contributed by atoms with Gasteiger partial charge in [0, 0.05) is 0 Å². The highest BCUT2D eigenvalue weighted by Gasteiger charge is 2.27. The largest absolute Gasteiger partial charge is 0.508 e. The van der Waals surface area contributed by atoms with Crippen LogP contribution in [0, 0.1) is 0 Å². The summed E-state index contributed by atoms with van der Waals surface area (Å²) in [5.74, 6) is -3.22. The number of aliphatic hydroxyl groups is 2. The Kier molecular flexibility index (Phi) is 6.29. The zero-order chi connectivity index (χ0) is 16.7. The van der Waals surface area contributed by atoms with E-state index in [2.05, 4.69) is 10.6 Å². The number of carbonyl (C=O) groups excluding carboxylic acids is 2. The van der Waals surface area contributed by atoms with E-state index in [0.717, 1.165) is 0 Å². The van der Waals surface area contributed by atoms with Crippen molar-refractivity contribution in [3.8, 4) is 5.75 Å². The fourth-order valence-electron chi connectivity index (χ4n) is 1.61. The van der Waals surface area contributed by atoms with Gasteiger partial charge in [-0.2, -0.15) is 0 Å². The summed E-state index contributed by atoms with van der Waals surface area (Å²) < 4.78 is 0. The molecule has 0 saturated carbocycles. The van der Waals surface area contributed by atoms with Crippen molar-refractivity contribution in [2.45, 2.75) is 12.1 Å². The summed E-state index contributed by atoms with van der Waals surface area (Å²) in [4.78, 5) is 34.2. The summed E-state index contributed by atoms with van der Waals surface area (Å²) in [6.07, 6.45) is 0. The molecule has 1 aromatic rings. The summed E-state index contributed by atoms with van der Waals surface area (Å²) in [6, 6.07) is 2.45. The number of carboxylic acid groups (broad SMARTS) is 1. The van der Waals surface area contributed by atoms with Crippen molar-refractivity contribution < 1.29 is 34.8 Å². The lowest BCUT2D eigenvalue weighted by atomic mass is 10.1. The van der Waals surface area contributed by atoms with E-state index in [0.29, 0.717) is 0 Å². The molecule has 0 saturated heterocycles. The lowest BCUT2D eigenvalue weighted by Crippen LogP contribution is -2.49. The maximum Gasteiger partial charge on any atom is 0.328 e. The molecule has 0 heterocycles. The van der Waals surface area contributed by atoms with E-state index < -0.39 is 43.1 Å². The number of phenols is 1. The van der Waals surface area contributed by atoms with Gasteiger partial charge in [0.25, 0.3) is 0 Å². The number of rotatable bonds is 7. The molecule has 9 nitrogen and oxygen atoms in total. The van der Waals surface area contributed by atoms with Gasteiger partial charge in [-0.3, -0.25) is 9.59 Å². The van der Waals surface area contributed by atoms with E-state index in [4.69, 9.17) is 15.3 Å². The van der Waals surface area contributed by atoms with Gasteiger partial charge >= 0.3 is 5.97 Å². The van der Waals surface area contributed by atoms with Crippen molar-refractivity contribution in [2.75, 3.05) is 13.2 Å². The minimum absolute atomic E-state index is 0.0600. The van der Waals surface area contributed by atoms with Crippen LogP contribution in [0.5, 0.6) is 5.75 Å². The molecular weight excluding hydrogens is 296 g/mol. The summed E-state index contributed by atoms with van der Waals surface area (Å²) in [7, 11) is 0. The summed E-state index contributed by atoms with van der Waals surface area (Å²) in [5, 5.41) is 40.0. The number of amides is 2. The molecule has 0 aliphatic carbocycles. The molecule has 0 fully saturated rings. The van der Waals surface area contributed by atoms with Crippen LogP contribution in [0.25, 0.3) is 0 Å². The second-order valence-corrected chi connectivity index (χ2v) is 4.33. The number of benzene rings is 1. The van der Waals surface area contributed by atoms with E-state index in [1.807, 2.05) is 0 Å². The van der Waals surface area contributed by atoms with Crippen LogP contribution in [0.15, 0.2) is 24.3 Å². The molecule has 9 heteroatoms. The summed E-state index contributed by atoms with van der Waals surface area (Å²) >= 11 is 0. The van der Waals surface area contributed by atoms with E-state index in [-0.39, 0.29) is 11.3 Å². The van der Waals surface area contributed by atoms with Crippen LogP contribution in [0.2, 0.25) is 0 Å². The first-order valence-electron chi connectivity index (χ1n) is 6.22. The summed E-state index contributed by atoms with van der Waals surface area (Å²) in [6.45, 7) is -1.68. The molecular formula is C13H16N2O7. The first-order chi connectivity index (χ1) is 10.4. The maximum absolute atomic E-state index is 12.1. The Labute approximate surface area is 125 Å². The predicted octanol–water partition coefficient (Wildman–Crippen LogP) is -1.90. The van der Waals surface area contributed by atoms with Crippen molar-refractivity contribution in [2.24, 2.45) is 0 Å². The molecule has 120 valence electrons. The molecule has 1 aromatic carbocycles. The molecule has 22 heavy (non-hydrogen) atoms. The SMILES string of the molecule is O=C(CO)N[C@@H](C(=O)N[C@@H](CO)C(=O)O)c1ccc(O)cc1. The first-order valence-corrected chi connectivity index (χ1v) is 6.22. The normalized spacial score (nSPS) is 13.0. The molecule has 6 N–H and O–H groups in total. The van der Waals surface area contributed by atoms with Crippen LogP contribution in [-0.2, 0) is 14.4 Å². The van der Waals surface area contributed by atoms with Gasteiger partial charge in [-0.15, -0.1) is 0 Å². The van der Waals surface area contributed by atoms with Crippen LogP contribution >= 0.6 is 0 Å². The molecule has 0 bridgehead atoms. The minimum atomic E-state index is -1.53. The number of hydrogen-bond acceptors (Lipinski definition) is 6. The smallest absolute Gasteiger partial charge is 0.328 e. The van der Waals surface area contributed by atoms with Crippen LogP contribution in [0.4, 0.5) is 0 Å². The van der Waals surface area contributed by atoms with Gasteiger partial charge in [0.2, 0.25) is 11.8 Å². The maximum atomic E-state index is 12.1. The van der Waals surface area contributed by atoms with E-state index in [9.17, 15) is 19.5 Å². The molecule has 0 aromatic heterocycles. The Hall–Kier alpha value is -2.65. The van der Waals surface area contributed by atoms with Crippen molar-refractivity contribution in [1.29, 1.82) is 0 Å². The van der Waals surface area contributed by atoms with Crippen LogP contribution in [-0.4, -0.2) is 57.5 Å². The number of carboxylic acids is 1. The monoisotopic (exact) mass is 312 g/mol. The van der Waals surface area contributed by atoms with E-state index >= 15 is 0 Å². The quantitative estimate of drug-likeness (QED) is 0.343. The van der Waals surface area contributed by atoms with Crippen molar-refractivity contribution in [3.63, 3.8) is 0 Å². The Balaban J connectivity index is 2.98. The van der Waals surface area contributed by atoms with Gasteiger partial charge in [0.05, 0.1) is 6.61 Å². The van der Waals surface area contributed by atoms with Crippen molar-refractivity contribution in [1.82, 2.24) is 10.6 Å². The highest BCUT2D eigenvalue weighted by molar-refractivity contribution is 5.91. The second kappa shape index (κ2) is 7.96. The number of phenolic OH excluding ortho intramolecular Hbond substituents is 1. The third-order valence-electron chi connectivity index (χ3n) is 2.73. The zero-order valence-corrected chi connectivity index (χ0v) is 11.4. The predicted molar refractivity (Wildman–Crippen MR) is 72.7 cm³/mol. The lowest BCUT2D eigenvalue weighted by Gasteiger charge is -2.20. The average Bonchev–Trinajstić information content (AvgIpc) is 2.50. The van der Waals surface area contributed by atoms with Gasteiger partial charge < -0.3 is 31.1 Å². The summed E-state index contributed by atoms with van der Waals surface area (Å²) in [5.41, 5.74) is 0.263. The van der Waals surface area contributed by atoms with Gasteiger partial charge in [0.1, 0.15) is 24.4 Å². The van der Waals surface area contributed by atoms with Crippen molar-refractivity contribution >= 4 is 17.8 Å². The van der Waals surface area contributed by atoms with E-state index in [1.165, 1.54) is 24.3 Å². The topological polar surface area (TPSA) is 156 Å². The second-order valence-electron chi connectivity index (χ2n) is 4.33. The van der Waals surface area contributed by atoms with Crippen LogP contribution in [0.1, 0.15) is 11.6 Å². The first kappa shape index (κ1) is 17.4. The van der Waals surface area contributed by atoms with Crippen LogP contribution in [0.3, 0.4) is 0 Å². The van der Waals surface area contributed by atoms with Crippen LogP contribution < -0.4 is 10.6 Å². The minimum Gasteiger partial charge on any atom is -0.508 e. The van der Waals surface area contributed by atoms with E-state index in [1.54, 1.807) is 0 Å². The average molecular weight is 312 g/mol.